The zero-order valence-electron chi connectivity index (χ0n) is 6.62. The standard InChI is InChI=1S/C9H7IOS2/c10-9-6-3-5(12)1-2-7(6)13-8(9)4-11/h1-3,11-12H,4H2. The molecule has 0 fully saturated rings. The van der Waals surface area contributed by atoms with Gasteiger partial charge in [-0.05, 0) is 40.8 Å². The van der Waals surface area contributed by atoms with Crippen LogP contribution in [0.25, 0.3) is 10.1 Å². The van der Waals surface area contributed by atoms with Gasteiger partial charge in [-0.25, -0.2) is 0 Å². The molecule has 0 radical (unpaired) electrons. The van der Waals surface area contributed by atoms with E-state index in [0.717, 1.165) is 13.3 Å². The van der Waals surface area contributed by atoms with Crippen molar-refractivity contribution in [2.45, 2.75) is 11.5 Å². The number of aliphatic hydroxyl groups excluding tert-OH is 1. The Hall–Kier alpha value is 0.220. The summed E-state index contributed by atoms with van der Waals surface area (Å²) < 4.78 is 2.36. The molecule has 68 valence electrons. The molecule has 2 aromatic rings. The van der Waals surface area contributed by atoms with Crippen LogP contribution in [0.3, 0.4) is 0 Å². The lowest BCUT2D eigenvalue weighted by Gasteiger charge is -1.92. The highest BCUT2D eigenvalue weighted by atomic mass is 127. The lowest BCUT2D eigenvalue weighted by atomic mass is 10.2. The van der Waals surface area contributed by atoms with E-state index in [1.807, 2.05) is 18.2 Å². The van der Waals surface area contributed by atoms with Crippen molar-refractivity contribution in [2.24, 2.45) is 0 Å². The monoisotopic (exact) mass is 322 g/mol. The fourth-order valence-electron chi connectivity index (χ4n) is 1.21. The van der Waals surface area contributed by atoms with E-state index in [-0.39, 0.29) is 6.61 Å². The maximum absolute atomic E-state index is 9.08. The van der Waals surface area contributed by atoms with Gasteiger partial charge in [0.15, 0.2) is 0 Å². The van der Waals surface area contributed by atoms with E-state index in [4.69, 9.17) is 5.11 Å². The molecule has 0 aliphatic carbocycles. The minimum Gasteiger partial charge on any atom is -0.391 e. The number of halogens is 1. The van der Waals surface area contributed by atoms with Gasteiger partial charge in [-0.3, -0.25) is 0 Å². The summed E-state index contributed by atoms with van der Waals surface area (Å²) >= 11 is 8.19. The first kappa shape index (κ1) is 9.76. The van der Waals surface area contributed by atoms with E-state index in [1.54, 1.807) is 11.3 Å². The lowest BCUT2D eigenvalue weighted by molar-refractivity contribution is 0.285. The van der Waals surface area contributed by atoms with Gasteiger partial charge in [0.25, 0.3) is 0 Å². The van der Waals surface area contributed by atoms with E-state index >= 15 is 0 Å². The summed E-state index contributed by atoms with van der Waals surface area (Å²) in [5, 5.41) is 10.3. The van der Waals surface area contributed by atoms with E-state index in [9.17, 15) is 0 Å². The van der Waals surface area contributed by atoms with Gasteiger partial charge >= 0.3 is 0 Å². The molecular formula is C9H7IOS2. The lowest BCUT2D eigenvalue weighted by Crippen LogP contribution is -1.78. The van der Waals surface area contributed by atoms with Gasteiger partial charge in [-0.1, -0.05) is 0 Å². The SMILES string of the molecule is OCc1sc2ccc(S)cc2c1I. The molecule has 1 N–H and O–H groups in total. The van der Waals surface area contributed by atoms with Crippen LogP contribution < -0.4 is 0 Å². The molecule has 0 bridgehead atoms. The number of rotatable bonds is 1. The van der Waals surface area contributed by atoms with Crippen molar-refractivity contribution < 1.29 is 5.11 Å². The molecule has 0 saturated heterocycles. The minimum atomic E-state index is 0.125. The van der Waals surface area contributed by atoms with Crippen molar-refractivity contribution >= 4 is 56.6 Å². The molecule has 0 unspecified atom stereocenters. The number of fused-ring (bicyclic) bond motifs is 1. The first-order chi connectivity index (χ1) is 6.22. The molecule has 1 heterocycles. The summed E-state index contributed by atoms with van der Waals surface area (Å²) in [5.74, 6) is 0. The third-order valence-electron chi connectivity index (χ3n) is 1.82. The van der Waals surface area contributed by atoms with Gasteiger partial charge < -0.3 is 5.11 Å². The molecule has 4 heteroatoms. The highest BCUT2D eigenvalue weighted by Gasteiger charge is 2.08. The van der Waals surface area contributed by atoms with E-state index < -0.39 is 0 Å². The number of hydrogen-bond donors (Lipinski definition) is 2. The van der Waals surface area contributed by atoms with Gasteiger partial charge in [-0.2, -0.15) is 0 Å². The summed E-state index contributed by atoms with van der Waals surface area (Å²) in [6.07, 6.45) is 0. The minimum absolute atomic E-state index is 0.125. The van der Waals surface area contributed by atoms with Crippen LogP contribution in [0.15, 0.2) is 23.1 Å². The van der Waals surface area contributed by atoms with Crippen LogP contribution in [0.1, 0.15) is 4.88 Å². The van der Waals surface area contributed by atoms with Crippen molar-refractivity contribution in [2.75, 3.05) is 0 Å². The van der Waals surface area contributed by atoms with Gasteiger partial charge in [0.05, 0.1) is 6.61 Å². The Labute approximate surface area is 99.3 Å². The zero-order valence-corrected chi connectivity index (χ0v) is 10.5. The molecule has 0 aliphatic heterocycles. The maximum atomic E-state index is 9.08. The zero-order chi connectivity index (χ0) is 9.42. The van der Waals surface area contributed by atoms with Crippen LogP contribution in [0.2, 0.25) is 0 Å². The molecule has 0 aliphatic rings. The third kappa shape index (κ3) is 1.72. The molecule has 0 spiro atoms. The number of thiophene rings is 1. The fraction of sp³-hybridized carbons (Fsp3) is 0.111. The molecule has 1 aromatic heterocycles. The van der Waals surface area contributed by atoms with E-state index in [1.165, 1.54) is 10.1 Å². The molecule has 1 nitrogen and oxygen atoms in total. The van der Waals surface area contributed by atoms with Crippen LogP contribution in [0, 0.1) is 3.57 Å². The number of thiol groups is 1. The van der Waals surface area contributed by atoms with Gasteiger partial charge in [0, 0.05) is 23.4 Å². The summed E-state index contributed by atoms with van der Waals surface area (Å²) in [4.78, 5) is 2.00. The summed E-state index contributed by atoms with van der Waals surface area (Å²) in [6, 6.07) is 6.05. The Bertz CT molecular complexity index is 450. The highest BCUT2D eigenvalue weighted by Crippen LogP contribution is 2.33. The second kappa shape index (κ2) is 3.76. The summed E-state index contributed by atoms with van der Waals surface area (Å²) in [6.45, 7) is 0.125. The normalized spacial score (nSPS) is 11.0. The largest absolute Gasteiger partial charge is 0.391 e. The topological polar surface area (TPSA) is 20.2 Å². The van der Waals surface area contributed by atoms with Gasteiger partial charge in [-0.15, -0.1) is 24.0 Å². The van der Waals surface area contributed by atoms with Crippen molar-refractivity contribution in [1.29, 1.82) is 0 Å². The van der Waals surface area contributed by atoms with Crippen molar-refractivity contribution in [3.63, 3.8) is 0 Å². The van der Waals surface area contributed by atoms with Crippen molar-refractivity contribution in [3.05, 3.63) is 26.6 Å². The third-order valence-corrected chi connectivity index (χ3v) is 4.85. The van der Waals surface area contributed by atoms with Crippen molar-refractivity contribution in [1.82, 2.24) is 0 Å². The predicted molar refractivity (Wildman–Crippen MR) is 67.7 cm³/mol. The van der Waals surface area contributed by atoms with E-state index in [0.29, 0.717) is 0 Å². The van der Waals surface area contributed by atoms with Crippen LogP contribution in [0.4, 0.5) is 0 Å². The van der Waals surface area contributed by atoms with Crippen LogP contribution in [-0.2, 0) is 6.61 Å². The Morgan fingerprint density at radius 1 is 1.46 bits per heavy atom. The average Bonchev–Trinajstić information content (AvgIpc) is 2.44. The first-order valence-corrected chi connectivity index (χ1v) is 6.07. The van der Waals surface area contributed by atoms with Crippen LogP contribution >= 0.6 is 46.6 Å². The molecule has 0 amide bonds. The van der Waals surface area contributed by atoms with E-state index in [2.05, 4.69) is 35.2 Å². The second-order valence-electron chi connectivity index (χ2n) is 2.68. The number of benzene rings is 1. The smallest absolute Gasteiger partial charge is 0.0785 e. The predicted octanol–water partition coefficient (Wildman–Crippen LogP) is 3.29. The van der Waals surface area contributed by atoms with Gasteiger partial charge in [0.2, 0.25) is 0 Å². The fourth-order valence-corrected chi connectivity index (χ4v) is 3.48. The Balaban J connectivity index is 2.77. The van der Waals surface area contributed by atoms with Crippen molar-refractivity contribution in [3.8, 4) is 0 Å². The second-order valence-corrected chi connectivity index (χ2v) is 5.41. The van der Waals surface area contributed by atoms with Crippen LogP contribution in [0.5, 0.6) is 0 Å². The highest BCUT2D eigenvalue weighted by molar-refractivity contribution is 14.1. The Morgan fingerprint density at radius 2 is 2.23 bits per heavy atom. The molecule has 1 aromatic carbocycles. The number of hydrogen-bond acceptors (Lipinski definition) is 3. The molecule has 0 atom stereocenters. The Kier molecular flexibility index (Phi) is 2.83. The van der Waals surface area contributed by atoms with Crippen LogP contribution in [-0.4, -0.2) is 5.11 Å². The van der Waals surface area contributed by atoms with Gasteiger partial charge in [0.1, 0.15) is 0 Å². The summed E-state index contributed by atoms with van der Waals surface area (Å²) in [7, 11) is 0. The molecule has 13 heavy (non-hydrogen) atoms. The quantitative estimate of drug-likeness (QED) is 0.610. The maximum Gasteiger partial charge on any atom is 0.0785 e. The molecular weight excluding hydrogens is 315 g/mol. The summed E-state index contributed by atoms with van der Waals surface area (Å²) in [5.41, 5.74) is 0. The average molecular weight is 322 g/mol. The molecule has 0 saturated carbocycles. The first-order valence-electron chi connectivity index (χ1n) is 3.73. The Morgan fingerprint density at radius 3 is 2.92 bits per heavy atom. The molecule has 2 rings (SSSR count). The number of aliphatic hydroxyl groups is 1.